The number of rotatable bonds is 7. The number of hydrogen-bond donors (Lipinski definition) is 1. The van der Waals surface area contributed by atoms with Crippen LogP contribution in [0.25, 0.3) is 0 Å². The molecule has 2 aliphatic rings. The van der Waals surface area contributed by atoms with Crippen molar-refractivity contribution in [1.82, 2.24) is 4.90 Å². The van der Waals surface area contributed by atoms with Gasteiger partial charge >= 0.3 is 0 Å². The molecule has 140 valence electrons. The van der Waals surface area contributed by atoms with Gasteiger partial charge in [0.05, 0.1) is 5.75 Å². The van der Waals surface area contributed by atoms with E-state index in [1.807, 2.05) is 31.2 Å². The van der Waals surface area contributed by atoms with Crippen LogP contribution in [0.2, 0.25) is 0 Å². The zero-order valence-corrected chi connectivity index (χ0v) is 16.1. The van der Waals surface area contributed by atoms with Crippen LogP contribution in [0.3, 0.4) is 0 Å². The second-order valence-corrected chi connectivity index (χ2v) is 9.12. The number of anilines is 2. The molecule has 3 rings (SSSR count). The quantitative estimate of drug-likeness (QED) is 0.805. The number of nitrogens with one attached hydrogen (secondary N) is 1. The molecule has 1 N–H and O–H groups in total. The van der Waals surface area contributed by atoms with E-state index < -0.39 is 10.0 Å². The van der Waals surface area contributed by atoms with Crippen LogP contribution in [0, 0.1) is 0 Å². The van der Waals surface area contributed by atoms with E-state index >= 15 is 0 Å². The lowest BCUT2D eigenvalue weighted by atomic mass is 10.1. The van der Waals surface area contributed by atoms with Crippen LogP contribution in [0.4, 0.5) is 11.4 Å². The molecule has 0 spiro atoms. The Kier molecular flexibility index (Phi) is 6.23. The monoisotopic (exact) mass is 365 g/mol. The van der Waals surface area contributed by atoms with Crippen LogP contribution in [0.15, 0.2) is 24.3 Å². The number of sulfonamides is 1. The van der Waals surface area contributed by atoms with E-state index in [4.69, 9.17) is 0 Å². The molecule has 1 saturated heterocycles. The van der Waals surface area contributed by atoms with Crippen molar-refractivity contribution in [3.8, 4) is 0 Å². The third-order valence-electron chi connectivity index (χ3n) is 5.43. The van der Waals surface area contributed by atoms with E-state index in [0.717, 1.165) is 38.6 Å². The molecule has 0 amide bonds. The predicted molar refractivity (Wildman–Crippen MR) is 105 cm³/mol. The lowest BCUT2D eigenvalue weighted by Gasteiger charge is -2.39. The summed E-state index contributed by atoms with van der Waals surface area (Å²) in [5.74, 6) is 0.189. The Balaban J connectivity index is 1.52. The zero-order chi connectivity index (χ0) is 17.7. The van der Waals surface area contributed by atoms with Gasteiger partial charge in [0.25, 0.3) is 0 Å². The Morgan fingerprint density at radius 3 is 2.28 bits per heavy atom. The fraction of sp³-hybridized carbons (Fsp3) is 0.684. The number of hydrogen-bond acceptors (Lipinski definition) is 4. The first-order chi connectivity index (χ1) is 12.1. The lowest BCUT2D eigenvalue weighted by Crippen LogP contribution is -2.49. The summed E-state index contributed by atoms with van der Waals surface area (Å²) >= 11 is 0. The van der Waals surface area contributed by atoms with Gasteiger partial charge in [-0.1, -0.05) is 26.2 Å². The summed E-state index contributed by atoms with van der Waals surface area (Å²) in [5, 5.41) is 0. The largest absolute Gasteiger partial charge is 0.369 e. The minimum atomic E-state index is -3.22. The maximum Gasteiger partial charge on any atom is 0.232 e. The van der Waals surface area contributed by atoms with Crippen LogP contribution in [0.5, 0.6) is 0 Å². The molecule has 0 atom stereocenters. The van der Waals surface area contributed by atoms with E-state index in [9.17, 15) is 8.42 Å². The summed E-state index contributed by atoms with van der Waals surface area (Å²) < 4.78 is 26.6. The number of unbranched alkanes of at least 4 members (excludes halogenated alkanes) is 1. The van der Waals surface area contributed by atoms with Crippen LogP contribution >= 0.6 is 0 Å². The Morgan fingerprint density at radius 2 is 1.68 bits per heavy atom. The molecule has 1 saturated carbocycles. The first-order valence-corrected chi connectivity index (χ1v) is 11.3. The Morgan fingerprint density at radius 1 is 1.04 bits per heavy atom. The van der Waals surface area contributed by atoms with Crippen molar-refractivity contribution in [2.45, 2.75) is 51.5 Å². The van der Waals surface area contributed by atoms with Crippen LogP contribution in [-0.2, 0) is 10.0 Å². The first-order valence-electron chi connectivity index (χ1n) is 9.67. The second kappa shape index (κ2) is 8.41. The molecule has 1 aliphatic heterocycles. The normalized spacial score (nSPS) is 20.1. The van der Waals surface area contributed by atoms with Gasteiger partial charge in [-0.05, 0) is 43.5 Å². The van der Waals surface area contributed by atoms with Crippen LogP contribution < -0.4 is 9.62 Å². The average molecular weight is 366 g/mol. The van der Waals surface area contributed by atoms with E-state index in [-0.39, 0.29) is 5.75 Å². The molecule has 1 aromatic carbocycles. The zero-order valence-electron chi connectivity index (χ0n) is 15.3. The van der Waals surface area contributed by atoms with Crippen LogP contribution in [0.1, 0.15) is 45.4 Å². The molecular weight excluding hydrogens is 334 g/mol. The molecule has 0 radical (unpaired) electrons. The fourth-order valence-corrected chi connectivity index (χ4v) is 5.19. The highest BCUT2D eigenvalue weighted by atomic mass is 32.2. The fourth-order valence-electron chi connectivity index (χ4n) is 3.92. The average Bonchev–Trinajstić information content (AvgIpc) is 3.15. The second-order valence-electron chi connectivity index (χ2n) is 7.28. The summed E-state index contributed by atoms with van der Waals surface area (Å²) in [6.07, 6.45) is 7.09. The van der Waals surface area contributed by atoms with Crippen molar-refractivity contribution in [3.05, 3.63) is 24.3 Å². The third kappa shape index (κ3) is 5.11. The number of piperazine rings is 1. The Bertz CT molecular complexity index is 631. The molecule has 1 aromatic rings. The van der Waals surface area contributed by atoms with E-state index in [0.29, 0.717) is 12.1 Å². The Hall–Kier alpha value is -1.27. The maximum absolute atomic E-state index is 12.0. The molecule has 0 unspecified atom stereocenters. The van der Waals surface area contributed by atoms with E-state index in [1.165, 1.54) is 31.4 Å². The van der Waals surface area contributed by atoms with Gasteiger partial charge in [-0.2, -0.15) is 0 Å². The van der Waals surface area contributed by atoms with Gasteiger partial charge in [-0.15, -0.1) is 0 Å². The predicted octanol–water partition coefficient (Wildman–Crippen LogP) is 3.29. The first kappa shape index (κ1) is 18.5. The van der Waals surface area contributed by atoms with Crippen molar-refractivity contribution in [3.63, 3.8) is 0 Å². The Labute approximate surface area is 152 Å². The van der Waals surface area contributed by atoms with Crippen molar-refractivity contribution < 1.29 is 8.42 Å². The molecular formula is C19H31N3O2S. The summed E-state index contributed by atoms with van der Waals surface area (Å²) in [6.45, 7) is 6.37. The standard InChI is InChI=1S/C19H31N3O2S/c1-2-3-16-25(23,24)20-17-8-10-19(11-9-17)22-14-12-21(13-15-22)18-6-4-5-7-18/h8-11,18,20H,2-7,12-16H2,1H3. The molecule has 1 heterocycles. The lowest BCUT2D eigenvalue weighted by molar-refractivity contribution is 0.187. The van der Waals surface area contributed by atoms with Gasteiger partial charge < -0.3 is 4.90 Å². The SMILES string of the molecule is CCCCS(=O)(=O)Nc1ccc(N2CCN(C3CCCC3)CC2)cc1. The highest BCUT2D eigenvalue weighted by Crippen LogP contribution is 2.26. The van der Waals surface area contributed by atoms with Gasteiger partial charge in [0.1, 0.15) is 0 Å². The number of nitrogens with zero attached hydrogens (tertiary/aromatic N) is 2. The van der Waals surface area contributed by atoms with Gasteiger partial charge in [-0.25, -0.2) is 8.42 Å². The molecule has 0 bridgehead atoms. The topological polar surface area (TPSA) is 52.7 Å². The third-order valence-corrected chi connectivity index (χ3v) is 6.80. The molecule has 6 heteroatoms. The molecule has 1 aliphatic carbocycles. The summed E-state index contributed by atoms with van der Waals surface area (Å²) in [6, 6.07) is 8.62. The van der Waals surface area contributed by atoms with Gasteiger partial charge in [-0.3, -0.25) is 9.62 Å². The summed E-state index contributed by atoms with van der Waals surface area (Å²) in [4.78, 5) is 5.06. The number of benzene rings is 1. The molecule has 25 heavy (non-hydrogen) atoms. The maximum atomic E-state index is 12.0. The minimum Gasteiger partial charge on any atom is -0.369 e. The summed E-state index contributed by atoms with van der Waals surface area (Å²) in [7, 11) is -3.22. The van der Waals surface area contributed by atoms with Crippen molar-refractivity contribution in [2.75, 3.05) is 41.6 Å². The highest BCUT2D eigenvalue weighted by molar-refractivity contribution is 7.92. The van der Waals surface area contributed by atoms with Crippen molar-refractivity contribution in [2.24, 2.45) is 0 Å². The van der Waals surface area contributed by atoms with Crippen molar-refractivity contribution >= 4 is 21.4 Å². The van der Waals surface area contributed by atoms with Crippen molar-refractivity contribution in [1.29, 1.82) is 0 Å². The summed E-state index contributed by atoms with van der Waals surface area (Å²) in [5.41, 5.74) is 1.84. The smallest absolute Gasteiger partial charge is 0.232 e. The van der Waals surface area contributed by atoms with Crippen LogP contribution in [-0.4, -0.2) is 51.3 Å². The highest BCUT2D eigenvalue weighted by Gasteiger charge is 2.26. The van der Waals surface area contributed by atoms with E-state index in [2.05, 4.69) is 14.5 Å². The minimum absolute atomic E-state index is 0.189. The molecule has 2 fully saturated rings. The van der Waals surface area contributed by atoms with Gasteiger partial charge in [0.15, 0.2) is 0 Å². The van der Waals surface area contributed by atoms with E-state index in [1.54, 1.807) is 0 Å². The molecule has 5 nitrogen and oxygen atoms in total. The molecule has 0 aromatic heterocycles. The van der Waals surface area contributed by atoms with Gasteiger partial charge in [0.2, 0.25) is 10.0 Å². The van der Waals surface area contributed by atoms with Gasteiger partial charge in [0, 0.05) is 43.6 Å².